The van der Waals surface area contributed by atoms with E-state index in [-0.39, 0.29) is 6.54 Å². The smallest absolute Gasteiger partial charge is 0.317 e. The van der Waals surface area contributed by atoms with Crippen molar-refractivity contribution >= 4 is 11.7 Å². The van der Waals surface area contributed by atoms with E-state index in [0.717, 1.165) is 25.9 Å². The summed E-state index contributed by atoms with van der Waals surface area (Å²) in [5.74, 6) is -0.755. The molecule has 0 saturated carbocycles. The third-order valence-corrected chi connectivity index (χ3v) is 3.53. The van der Waals surface area contributed by atoms with Crippen molar-refractivity contribution in [3.05, 3.63) is 30.3 Å². The normalized spacial score (nSPS) is 20.1. The molecule has 1 unspecified atom stereocenters. The first kappa shape index (κ1) is 12.9. The van der Waals surface area contributed by atoms with Crippen molar-refractivity contribution in [1.82, 2.24) is 4.90 Å². The third-order valence-electron chi connectivity index (χ3n) is 3.53. The minimum atomic E-state index is -0.755. The van der Waals surface area contributed by atoms with E-state index in [4.69, 9.17) is 5.11 Å². The lowest BCUT2D eigenvalue weighted by Gasteiger charge is -2.38. The maximum Gasteiger partial charge on any atom is 0.317 e. The topological polar surface area (TPSA) is 43.8 Å². The molecule has 1 fully saturated rings. The van der Waals surface area contributed by atoms with Crippen molar-refractivity contribution in [2.45, 2.75) is 18.9 Å². The highest BCUT2D eigenvalue weighted by molar-refractivity contribution is 5.69. The van der Waals surface area contributed by atoms with Crippen LogP contribution in [0.1, 0.15) is 12.8 Å². The fourth-order valence-electron chi connectivity index (χ4n) is 2.53. The quantitative estimate of drug-likeness (QED) is 0.880. The zero-order chi connectivity index (χ0) is 13.0. The van der Waals surface area contributed by atoms with Crippen molar-refractivity contribution < 1.29 is 9.90 Å². The van der Waals surface area contributed by atoms with E-state index in [1.54, 1.807) is 0 Å². The number of nitrogens with zero attached hydrogens (tertiary/aromatic N) is 2. The van der Waals surface area contributed by atoms with Gasteiger partial charge in [-0.05, 0) is 32.0 Å². The lowest BCUT2D eigenvalue weighted by atomic mass is 10.0. The number of anilines is 1. The van der Waals surface area contributed by atoms with Crippen LogP contribution in [0, 0.1) is 0 Å². The Morgan fingerprint density at radius 3 is 2.83 bits per heavy atom. The molecule has 0 amide bonds. The Balaban J connectivity index is 1.98. The Kier molecular flexibility index (Phi) is 4.20. The molecule has 98 valence electrons. The highest BCUT2D eigenvalue weighted by Crippen LogP contribution is 2.21. The number of carboxylic acids is 1. The van der Waals surface area contributed by atoms with Crippen LogP contribution in [0.5, 0.6) is 0 Å². The Morgan fingerprint density at radius 2 is 2.17 bits per heavy atom. The predicted octanol–water partition coefficient (Wildman–Crippen LogP) is 1.67. The van der Waals surface area contributed by atoms with Crippen LogP contribution in [0.15, 0.2) is 30.3 Å². The zero-order valence-electron chi connectivity index (χ0n) is 10.7. The van der Waals surface area contributed by atoms with Crippen LogP contribution in [-0.2, 0) is 4.79 Å². The number of piperidine rings is 1. The fraction of sp³-hybridized carbons (Fsp3) is 0.500. The highest BCUT2D eigenvalue weighted by Gasteiger charge is 2.24. The molecular formula is C14H20N2O2. The van der Waals surface area contributed by atoms with Crippen molar-refractivity contribution in [2.75, 3.05) is 31.6 Å². The molecule has 1 aliphatic rings. The molecule has 1 aromatic rings. The summed E-state index contributed by atoms with van der Waals surface area (Å²) in [5, 5.41) is 8.84. The second kappa shape index (κ2) is 5.87. The highest BCUT2D eigenvalue weighted by atomic mass is 16.4. The van der Waals surface area contributed by atoms with Gasteiger partial charge in [0.15, 0.2) is 0 Å². The molecular weight excluding hydrogens is 228 g/mol. The van der Waals surface area contributed by atoms with Gasteiger partial charge in [-0.15, -0.1) is 0 Å². The standard InChI is InChI=1S/C14H20N2O2/c1-15(11-14(17)18)13-8-5-9-16(10-13)12-6-3-2-4-7-12/h2-4,6-7,13H,5,8-11H2,1H3,(H,17,18). The summed E-state index contributed by atoms with van der Waals surface area (Å²) in [7, 11) is 1.90. The number of hydrogen-bond donors (Lipinski definition) is 1. The van der Waals surface area contributed by atoms with Gasteiger partial charge in [0.1, 0.15) is 0 Å². The molecule has 1 aliphatic heterocycles. The van der Waals surface area contributed by atoms with Gasteiger partial charge in [-0.1, -0.05) is 18.2 Å². The average molecular weight is 248 g/mol. The van der Waals surface area contributed by atoms with Crippen molar-refractivity contribution in [2.24, 2.45) is 0 Å². The zero-order valence-corrected chi connectivity index (χ0v) is 10.7. The largest absolute Gasteiger partial charge is 0.480 e. The molecule has 0 radical (unpaired) electrons. The first-order valence-corrected chi connectivity index (χ1v) is 6.39. The molecule has 0 bridgehead atoms. The van der Waals surface area contributed by atoms with Crippen LogP contribution >= 0.6 is 0 Å². The van der Waals surface area contributed by atoms with Gasteiger partial charge in [-0.3, -0.25) is 9.69 Å². The lowest BCUT2D eigenvalue weighted by molar-refractivity contribution is -0.138. The first-order chi connectivity index (χ1) is 8.66. The number of aliphatic carboxylic acids is 1. The second-order valence-corrected chi connectivity index (χ2v) is 4.89. The number of para-hydroxylation sites is 1. The van der Waals surface area contributed by atoms with E-state index in [1.165, 1.54) is 5.69 Å². The average Bonchev–Trinajstić information content (AvgIpc) is 2.39. The summed E-state index contributed by atoms with van der Waals surface area (Å²) in [4.78, 5) is 15.0. The van der Waals surface area contributed by atoms with Crippen LogP contribution in [0.3, 0.4) is 0 Å². The fourth-order valence-corrected chi connectivity index (χ4v) is 2.53. The summed E-state index contributed by atoms with van der Waals surface area (Å²) in [6.45, 7) is 2.09. The Morgan fingerprint density at radius 1 is 1.44 bits per heavy atom. The molecule has 1 aromatic carbocycles. The minimum Gasteiger partial charge on any atom is -0.480 e. The summed E-state index contributed by atoms with van der Waals surface area (Å²) >= 11 is 0. The van der Waals surface area contributed by atoms with Crippen molar-refractivity contribution in [3.8, 4) is 0 Å². The maximum absolute atomic E-state index is 10.7. The van der Waals surface area contributed by atoms with E-state index in [1.807, 2.05) is 30.1 Å². The van der Waals surface area contributed by atoms with Crippen molar-refractivity contribution in [1.29, 1.82) is 0 Å². The summed E-state index contributed by atoms with van der Waals surface area (Å²) in [6.07, 6.45) is 2.19. The molecule has 0 aromatic heterocycles. The van der Waals surface area contributed by atoms with E-state index >= 15 is 0 Å². The monoisotopic (exact) mass is 248 g/mol. The Labute approximate surface area is 108 Å². The summed E-state index contributed by atoms with van der Waals surface area (Å²) in [5.41, 5.74) is 1.23. The Bertz CT molecular complexity index is 394. The van der Waals surface area contributed by atoms with E-state index in [0.29, 0.717) is 6.04 Å². The lowest BCUT2D eigenvalue weighted by Crippen LogP contribution is -2.47. The number of likely N-dealkylation sites (N-methyl/N-ethyl adjacent to an activating group) is 1. The molecule has 1 N–H and O–H groups in total. The maximum atomic E-state index is 10.7. The van der Waals surface area contributed by atoms with Gasteiger partial charge >= 0.3 is 5.97 Å². The number of benzene rings is 1. The van der Waals surface area contributed by atoms with E-state index < -0.39 is 5.97 Å². The summed E-state index contributed by atoms with van der Waals surface area (Å²) < 4.78 is 0. The molecule has 2 rings (SSSR count). The van der Waals surface area contributed by atoms with E-state index in [2.05, 4.69) is 17.0 Å². The first-order valence-electron chi connectivity index (χ1n) is 6.39. The second-order valence-electron chi connectivity index (χ2n) is 4.89. The van der Waals surface area contributed by atoms with Gasteiger partial charge in [-0.2, -0.15) is 0 Å². The van der Waals surface area contributed by atoms with Gasteiger partial charge in [0.05, 0.1) is 6.54 Å². The molecule has 0 spiro atoms. The molecule has 1 saturated heterocycles. The van der Waals surface area contributed by atoms with Gasteiger partial charge in [-0.25, -0.2) is 0 Å². The summed E-state index contributed by atoms with van der Waals surface area (Å²) in [6, 6.07) is 10.6. The van der Waals surface area contributed by atoms with Gasteiger partial charge in [0, 0.05) is 24.8 Å². The van der Waals surface area contributed by atoms with Crippen LogP contribution in [0.25, 0.3) is 0 Å². The van der Waals surface area contributed by atoms with Crippen molar-refractivity contribution in [3.63, 3.8) is 0 Å². The van der Waals surface area contributed by atoms with E-state index in [9.17, 15) is 4.79 Å². The predicted molar refractivity (Wildman–Crippen MR) is 71.9 cm³/mol. The third kappa shape index (κ3) is 3.23. The molecule has 0 aliphatic carbocycles. The molecule has 1 atom stereocenters. The van der Waals surface area contributed by atoms with Crippen LogP contribution in [-0.4, -0.2) is 48.7 Å². The van der Waals surface area contributed by atoms with Gasteiger partial charge in [0.2, 0.25) is 0 Å². The molecule has 4 nitrogen and oxygen atoms in total. The number of hydrogen-bond acceptors (Lipinski definition) is 3. The minimum absolute atomic E-state index is 0.118. The number of carboxylic acid groups (broad SMARTS) is 1. The number of rotatable bonds is 4. The molecule has 18 heavy (non-hydrogen) atoms. The SMILES string of the molecule is CN(CC(=O)O)C1CCCN(c2ccccc2)C1. The van der Waals surface area contributed by atoms with Crippen LogP contribution in [0.2, 0.25) is 0 Å². The molecule has 4 heteroatoms. The van der Waals surface area contributed by atoms with Gasteiger partial charge in [0.25, 0.3) is 0 Å². The van der Waals surface area contributed by atoms with Gasteiger partial charge < -0.3 is 10.0 Å². The van der Waals surface area contributed by atoms with Crippen LogP contribution < -0.4 is 4.90 Å². The Hall–Kier alpha value is -1.55. The van der Waals surface area contributed by atoms with Crippen LogP contribution in [0.4, 0.5) is 5.69 Å². The number of carbonyl (C=O) groups is 1. The molecule has 1 heterocycles.